The highest BCUT2D eigenvalue weighted by molar-refractivity contribution is 7.47. The Hall–Kier alpha value is -4.28. The summed E-state index contributed by atoms with van der Waals surface area (Å²) in [4.78, 5) is 72.9. The molecule has 0 saturated heterocycles. The summed E-state index contributed by atoms with van der Waals surface area (Å²) in [5.41, 5.74) is 0. The van der Waals surface area contributed by atoms with Gasteiger partial charge in [0.15, 0.2) is 12.2 Å². The molecule has 0 heterocycles. The lowest BCUT2D eigenvalue weighted by molar-refractivity contribution is -0.161. The fourth-order valence-corrected chi connectivity index (χ4v) is 12.2. The molecule has 0 spiro atoms. The molecule has 0 fully saturated rings. The zero-order chi connectivity index (χ0) is 74.6. The number of carbonyl (C=O) groups excluding carboxylic acids is 4. The summed E-state index contributed by atoms with van der Waals surface area (Å²) >= 11 is 0. The lowest BCUT2D eigenvalue weighted by Gasteiger charge is -2.21. The van der Waals surface area contributed by atoms with E-state index in [1.807, 2.05) is 24.3 Å². The summed E-state index contributed by atoms with van der Waals surface area (Å²) in [6.07, 6.45) is 80.9. The summed E-state index contributed by atoms with van der Waals surface area (Å²) in [7, 11) is -9.98. The van der Waals surface area contributed by atoms with E-state index in [0.29, 0.717) is 38.5 Å². The molecule has 0 rings (SSSR count). The van der Waals surface area contributed by atoms with Crippen molar-refractivity contribution in [3.8, 4) is 0 Å². The summed E-state index contributed by atoms with van der Waals surface area (Å²) in [6.45, 7) is 4.71. The Balaban J connectivity index is 5.42. The van der Waals surface area contributed by atoms with Crippen LogP contribution in [0.25, 0.3) is 0 Å². The standard InChI is InChI=1S/C83H144O17P2/c1-5-9-13-17-21-25-29-33-35-37-38-40-42-46-48-52-56-60-64-68-81(86)94-74-79(100-83(88)70-66-62-58-54-50-44-32-28-24-20-16-12-8-4)76-98-102(91,92)96-72-77(84)71-95-101(89,90)97-75-78(99-82(87)69-65-61-57-53-49-43-31-27-23-19-15-11-7-3)73-93-80(85)67-63-59-55-51-47-45-41-39-36-34-30-26-22-18-14-10-6-2/h21-22,25-26,33-36,38,40-41,45-46,48,51,55-56,60,77-79,84H,5-20,23-24,27-32,37,39,42-44,47,49-50,52-54,57-59,61-76H2,1-4H3,(H,89,90)(H,91,92)/b25-21-,26-22-,35-33-,36-34-,40-38-,45-41-,48-46-,55-51-,60-56-/t77-,78+,79+/m0/s1. The van der Waals surface area contributed by atoms with Gasteiger partial charge in [-0.25, -0.2) is 9.13 Å². The highest BCUT2D eigenvalue weighted by Crippen LogP contribution is 2.45. The number of allylic oxidation sites excluding steroid dienone is 18. The van der Waals surface area contributed by atoms with Gasteiger partial charge < -0.3 is 33.8 Å². The van der Waals surface area contributed by atoms with Crippen molar-refractivity contribution in [1.29, 1.82) is 0 Å². The second-order valence-corrected chi connectivity index (χ2v) is 29.6. The van der Waals surface area contributed by atoms with Crippen molar-refractivity contribution in [3.05, 3.63) is 109 Å². The summed E-state index contributed by atoms with van der Waals surface area (Å²) in [6, 6.07) is 0. The molecular weight excluding hydrogens is 1330 g/mol. The Kier molecular flexibility index (Phi) is 71.8. The molecule has 0 aliphatic carbocycles. The third-order valence-electron chi connectivity index (χ3n) is 16.8. The zero-order valence-corrected chi connectivity index (χ0v) is 66.0. The Morgan fingerprint density at radius 1 is 0.275 bits per heavy atom. The summed E-state index contributed by atoms with van der Waals surface area (Å²) in [5.74, 6) is -2.32. The van der Waals surface area contributed by atoms with Crippen LogP contribution in [-0.4, -0.2) is 96.7 Å². The van der Waals surface area contributed by atoms with Gasteiger partial charge in [-0.15, -0.1) is 0 Å². The van der Waals surface area contributed by atoms with Crippen LogP contribution in [0.3, 0.4) is 0 Å². The van der Waals surface area contributed by atoms with Gasteiger partial charge in [-0.1, -0.05) is 317 Å². The number of hydrogen-bond acceptors (Lipinski definition) is 15. The van der Waals surface area contributed by atoms with Gasteiger partial charge in [0, 0.05) is 25.7 Å². The van der Waals surface area contributed by atoms with Gasteiger partial charge in [-0.05, 0) is 103 Å². The first kappa shape index (κ1) is 97.7. The molecule has 0 amide bonds. The van der Waals surface area contributed by atoms with Crippen molar-refractivity contribution >= 4 is 39.5 Å². The Morgan fingerprint density at radius 2 is 0.510 bits per heavy atom. The summed E-state index contributed by atoms with van der Waals surface area (Å²) in [5, 5.41) is 10.6. The number of esters is 4. The molecule has 102 heavy (non-hydrogen) atoms. The van der Waals surface area contributed by atoms with Crippen molar-refractivity contribution in [2.24, 2.45) is 0 Å². The largest absolute Gasteiger partial charge is 0.472 e. The molecule has 0 aliphatic heterocycles. The molecule has 19 heteroatoms. The molecule has 0 radical (unpaired) electrons. The lowest BCUT2D eigenvalue weighted by atomic mass is 10.0. The highest BCUT2D eigenvalue weighted by Gasteiger charge is 2.30. The van der Waals surface area contributed by atoms with Gasteiger partial charge in [0.2, 0.25) is 0 Å². The van der Waals surface area contributed by atoms with E-state index in [9.17, 15) is 43.2 Å². The molecular formula is C83H144O17P2. The van der Waals surface area contributed by atoms with Gasteiger partial charge in [-0.2, -0.15) is 0 Å². The van der Waals surface area contributed by atoms with E-state index in [0.717, 1.165) is 103 Å². The number of unbranched alkanes of at least 4 members (excludes halogenated alkanes) is 31. The zero-order valence-electron chi connectivity index (χ0n) is 64.3. The van der Waals surface area contributed by atoms with E-state index in [4.69, 9.17) is 37.0 Å². The predicted molar refractivity (Wildman–Crippen MR) is 418 cm³/mol. The molecule has 588 valence electrons. The molecule has 0 saturated carbocycles. The predicted octanol–water partition coefficient (Wildman–Crippen LogP) is 23.3. The van der Waals surface area contributed by atoms with E-state index in [2.05, 4.69) is 113 Å². The molecule has 0 aliphatic rings. The minimum Gasteiger partial charge on any atom is -0.462 e. The topological polar surface area (TPSA) is 237 Å². The van der Waals surface area contributed by atoms with Crippen LogP contribution < -0.4 is 0 Å². The Labute approximate surface area is 619 Å². The number of phosphoric ester groups is 2. The van der Waals surface area contributed by atoms with E-state index in [1.54, 1.807) is 0 Å². The van der Waals surface area contributed by atoms with E-state index in [1.165, 1.54) is 141 Å². The van der Waals surface area contributed by atoms with Crippen LogP contribution in [0, 0.1) is 0 Å². The molecule has 0 aromatic carbocycles. The second kappa shape index (κ2) is 75.0. The number of aliphatic hydroxyl groups excluding tert-OH is 1. The number of aliphatic hydroxyl groups is 1. The second-order valence-electron chi connectivity index (χ2n) is 26.7. The third kappa shape index (κ3) is 74.0. The first-order chi connectivity index (χ1) is 49.7. The maximum absolute atomic E-state index is 13.1. The smallest absolute Gasteiger partial charge is 0.462 e. The molecule has 0 aromatic rings. The average molecular weight is 1480 g/mol. The molecule has 0 aromatic heterocycles. The van der Waals surface area contributed by atoms with Crippen molar-refractivity contribution in [3.63, 3.8) is 0 Å². The van der Waals surface area contributed by atoms with Crippen molar-refractivity contribution in [1.82, 2.24) is 0 Å². The van der Waals surface area contributed by atoms with Gasteiger partial charge in [-0.3, -0.25) is 37.3 Å². The van der Waals surface area contributed by atoms with Crippen LogP contribution in [0.4, 0.5) is 0 Å². The average Bonchev–Trinajstić information content (AvgIpc) is 0.909. The quantitative estimate of drug-likeness (QED) is 0.0169. The van der Waals surface area contributed by atoms with Gasteiger partial charge in [0.25, 0.3) is 0 Å². The van der Waals surface area contributed by atoms with Crippen LogP contribution in [0.15, 0.2) is 109 Å². The minimum absolute atomic E-state index is 0.0384. The first-order valence-corrected chi connectivity index (χ1v) is 43.1. The third-order valence-corrected chi connectivity index (χ3v) is 18.7. The van der Waals surface area contributed by atoms with Crippen molar-refractivity contribution in [2.45, 2.75) is 354 Å². The van der Waals surface area contributed by atoms with E-state index < -0.39 is 97.5 Å². The monoisotopic (exact) mass is 1470 g/mol. The van der Waals surface area contributed by atoms with Crippen LogP contribution in [0.1, 0.15) is 336 Å². The van der Waals surface area contributed by atoms with E-state index in [-0.39, 0.29) is 25.7 Å². The lowest BCUT2D eigenvalue weighted by Crippen LogP contribution is -2.30. The highest BCUT2D eigenvalue weighted by atomic mass is 31.2. The van der Waals surface area contributed by atoms with Gasteiger partial charge in [0.1, 0.15) is 19.3 Å². The maximum atomic E-state index is 13.1. The van der Waals surface area contributed by atoms with Crippen LogP contribution in [0.5, 0.6) is 0 Å². The van der Waals surface area contributed by atoms with Crippen molar-refractivity contribution < 1.29 is 80.2 Å². The Morgan fingerprint density at radius 3 is 0.824 bits per heavy atom. The first-order valence-electron chi connectivity index (χ1n) is 40.1. The molecule has 3 N–H and O–H groups in total. The number of hydrogen-bond donors (Lipinski definition) is 3. The molecule has 17 nitrogen and oxygen atoms in total. The van der Waals surface area contributed by atoms with Gasteiger partial charge >= 0.3 is 39.5 Å². The van der Waals surface area contributed by atoms with E-state index >= 15 is 0 Å². The maximum Gasteiger partial charge on any atom is 0.472 e. The minimum atomic E-state index is -4.99. The summed E-state index contributed by atoms with van der Waals surface area (Å²) < 4.78 is 68.4. The Bertz CT molecular complexity index is 2360. The number of ether oxygens (including phenoxy) is 4. The number of phosphoric acid groups is 2. The van der Waals surface area contributed by atoms with Crippen LogP contribution in [-0.2, 0) is 65.4 Å². The van der Waals surface area contributed by atoms with Crippen LogP contribution >= 0.6 is 15.6 Å². The van der Waals surface area contributed by atoms with Gasteiger partial charge in [0.05, 0.1) is 26.4 Å². The molecule has 0 bridgehead atoms. The van der Waals surface area contributed by atoms with Crippen molar-refractivity contribution in [2.75, 3.05) is 39.6 Å². The SMILES string of the molecule is CCCCC/C=C\C/C=C\C/C=C\C/C=C\C/C=C\CCC(=O)OC[C@H](COP(=O)(O)OC[C@@H](O)COP(=O)(O)OC[C@@H](COC(=O)CCC/C=C\C/C=C\C/C=C\C/C=C\CCCCC)OC(=O)CCCCCCCCCCCCCCC)OC(=O)CCCCCCCCCCCCCCC. The van der Waals surface area contributed by atoms with Crippen LogP contribution in [0.2, 0.25) is 0 Å². The normalized spacial score (nSPS) is 14.5. The fourth-order valence-electron chi connectivity index (χ4n) is 10.6. The molecule has 5 atom stereocenters. The number of rotatable bonds is 75. The fraction of sp³-hybridized carbons (Fsp3) is 0.735. The number of carbonyl (C=O) groups is 4. The molecule has 2 unspecified atom stereocenters.